The van der Waals surface area contributed by atoms with Crippen molar-refractivity contribution >= 4 is 39.1 Å². The zero-order valence-electron chi connectivity index (χ0n) is 20.4. The first-order valence-electron chi connectivity index (χ1n) is 11.4. The van der Waals surface area contributed by atoms with Crippen LogP contribution in [0.25, 0.3) is 0 Å². The number of para-hydroxylation sites is 1. The highest BCUT2D eigenvalue weighted by Crippen LogP contribution is 2.27. The Morgan fingerprint density at radius 1 is 1.06 bits per heavy atom. The van der Waals surface area contributed by atoms with Gasteiger partial charge in [0.05, 0.1) is 17.0 Å². The fraction of sp³-hybridized carbons (Fsp3) is 0.440. The Morgan fingerprint density at radius 3 is 2.29 bits per heavy atom. The molecule has 2 rings (SSSR count). The minimum atomic E-state index is -3.82. The highest BCUT2D eigenvalue weighted by Gasteiger charge is 2.32. The molecule has 0 spiro atoms. The quantitative estimate of drug-likeness (QED) is 0.495. The lowest BCUT2D eigenvalue weighted by Gasteiger charge is -2.33. The van der Waals surface area contributed by atoms with E-state index in [2.05, 4.69) is 5.32 Å². The number of rotatable bonds is 11. The summed E-state index contributed by atoms with van der Waals surface area (Å²) in [6.45, 7) is 7.36. The number of aryl methyl sites for hydroxylation is 1. The first-order valence-corrected chi connectivity index (χ1v) is 13.6. The third-order valence-corrected chi connectivity index (χ3v) is 7.07. The van der Waals surface area contributed by atoms with Crippen LogP contribution in [-0.2, 0) is 26.2 Å². The van der Waals surface area contributed by atoms with Crippen LogP contribution in [0, 0.1) is 6.92 Å². The van der Waals surface area contributed by atoms with Crippen molar-refractivity contribution in [3.05, 3.63) is 64.7 Å². The molecule has 0 aliphatic heterocycles. The largest absolute Gasteiger partial charge is 0.352 e. The maximum Gasteiger partial charge on any atom is 0.244 e. The Bertz CT molecular complexity index is 1110. The van der Waals surface area contributed by atoms with Crippen LogP contribution < -0.4 is 9.62 Å². The monoisotopic (exact) mass is 507 g/mol. The lowest BCUT2D eigenvalue weighted by molar-refractivity contribution is -0.140. The number of carbonyl (C=O) groups is 2. The van der Waals surface area contributed by atoms with Gasteiger partial charge in [-0.25, -0.2) is 8.42 Å². The van der Waals surface area contributed by atoms with Crippen LogP contribution in [-0.4, -0.2) is 50.0 Å². The van der Waals surface area contributed by atoms with Gasteiger partial charge in [-0.1, -0.05) is 67.4 Å². The van der Waals surface area contributed by atoms with Gasteiger partial charge < -0.3 is 10.2 Å². The van der Waals surface area contributed by atoms with Gasteiger partial charge in [0, 0.05) is 12.6 Å². The molecular weight excluding hydrogens is 474 g/mol. The van der Waals surface area contributed by atoms with Crippen LogP contribution in [0.5, 0.6) is 0 Å². The summed E-state index contributed by atoms with van der Waals surface area (Å²) in [7, 11) is -3.82. The highest BCUT2D eigenvalue weighted by molar-refractivity contribution is 7.92. The van der Waals surface area contributed by atoms with Crippen molar-refractivity contribution in [1.29, 1.82) is 0 Å². The Balaban J connectivity index is 2.45. The van der Waals surface area contributed by atoms with Crippen molar-refractivity contribution in [2.45, 2.75) is 59.2 Å². The Hall–Kier alpha value is -2.58. The van der Waals surface area contributed by atoms with Gasteiger partial charge in [-0.2, -0.15) is 0 Å². The summed E-state index contributed by atoms with van der Waals surface area (Å²) in [5.74, 6) is -0.750. The number of sulfonamides is 1. The van der Waals surface area contributed by atoms with E-state index in [1.54, 1.807) is 24.3 Å². The molecule has 0 unspecified atom stereocenters. The molecule has 9 heteroatoms. The molecule has 0 aliphatic rings. The van der Waals surface area contributed by atoms with Gasteiger partial charge in [0.1, 0.15) is 12.6 Å². The molecule has 2 atom stereocenters. The molecule has 1 N–H and O–H groups in total. The number of carbonyl (C=O) groups excluding carboxylic acids is 2. The second kappa shape index (κ2) is 12.2. The summed E-state index contributed by atoms with van der Waals surface area (Å²) in [4.78, 5) is 28.2. The third-order valence-electron chi connectivity index (χ3n) is 5.62. The molecule has 7 nitrogen and oxygen atoms in total. The van der Waals surface area contributed by atoms with Gasteiger partial charge in [-0.3, -0.25) is 13.9 Å². The lowest BCUT2D eigenvalue weighted by atomic mass is 10.1. The van der Waals surface area contributed by atoms with Gasteiger partial charge in [0.2, 0.25) is 21.8 Å². The molecule has 0 fully saturated rings. The minimum absolute atomic E-state index is 0.0480. The van der Waals surface area contributed by atoms with E-state index in [1.165, 1.54) is 4.90 Å². The number of halogens is 1. The van der Waals surface area contributed by atoms with Crippen LogP contribution in [0.3, 0.4) is 0 Å². The normalized spacial score (nSPS) is 13.1. The molecule has 34 heavy (non-hydrogen) atoms. The summed E-state index contributed by atoms with van der Waals surface area (Å²) in [6, 6.07) is 13.3. The summed E-state index contributed by atoms with van der Waals surface area (Å²) >= 11 is 6.25. The van der Waals surface area contributed by atoms with E-state index in [4.69, 9.17) is 11.6 Å². The van der Waals surface area contributed by atoms with Crippen LogP contribution in [0.15, 0.2) is 48.5 Å². The van der Waals surface area contributed by atoms with Crippen molar-refractivity contribution < 1.29 is 18.0 Å². The molecule has 2 amide bonds. The molecule has 0 saturated carbocycles. The van der Waals surface area contributed by atoms with E-state index < -0.39 is 28.5 Å². The summed E-state index contributed by atoms with van der Waals surface area (Å²) in [6.07, 6.45) is 2.16. The van der Waals surface area contributed by atoms with Crippen molar-refractivity contribution in [1.82, 2.24) is 10.2 Å². The van der Waals surface area contributed by atoms with Crippen molar-refractivity contribution in [3.63, 3.8) is 0 Å². The Kier molecular flexibility index (Phi) is 9.94. The van der Waals surface area contributed by atoms with Crippen molar-refractivity contribution in [3.8, 4) is 0 Å². The number of hydrogen-bond donors (Lipinski definition) is 1. The van der Waals surface area contributed by atoms with Crippen LogP contribution in [0.2, 0.25) is 5.02 Å². The van der Waals surface area contributed by atoms with Gasteiger partial charge >= 0.3 is 0 Å². The van der Waals surface area contributed by atoms with Gasteiger partial charge in [-0.05, 0) is 44.4 Å². The maximum absolute atomic E-state index is 13.6. The fourth-order valence-electron chi connectivity index (χ4n) is 3.62. The van der Waals surface area contributed by atoms with Crippen LogP contribution in [0.4, 0.5) is 5.69 Å². The van der Waals surface area contributed by atoms with Gasteiger partial charge in [-0.15, -0.1) is 0 Å². The summed E-state index contributed by atoms with van der Waals surface area (Å²) in [5, 5.41) is 3.17. The van der Waals surface area contributed by atoms with Crippen LogP contribution >= 0.6 is 11.6 Å². The minimum Gasteiger partial charge on any atom is -0.352 e. The topological polar surface area (TPSA) is 86.8 Å². The van der Waals surface area contributed by atoms with E-state index in [-0.39, 0.29) is 29.2 Å². The molecule has 0 radical (unpaired) electrons. The van der Waals surface area contributed by atoms with E-state index in [0.717, 1.165) is 28.1 Å². The molecular formula is C25H34ClN3O4S. The molecule has 2 aromatic carbocycles. The number of amides is 2. The molecule has 0 aromatic heterocycles. The highest BCUT2D eigenvalue weighted by atomic mass is 35.5. The predicted octanol–water partition coefficient (Wildman–Crippen LogP) is 4.14. The maximum atomic E-state index is 13.6. The number of nitrogens with zero attached hydrogens (tertiary/aromatic N) is 2. The zero-order chi connectivity index (χ0) is 25.5. The molecule has 186 valence electrons. The van der Waals surface area contributed by atoms with E-state index in [0.29, 0.717) is 6.42 Å². The van der Waals surface area contributed by atoms with Crippen molar-refractivity contribution in [2.24, 2.45) is 0 Å². The number of benzene rings is 2. The Morgan fingerprint density at radius 2 is 1.74 bits per heavy atom. The van der Waals surface area contributed by atoms with E-state index in [1.807, 2.05) is 52.0 Å². The lowest BCUT2D eigenvalue weighted by Crippen LogP contribution is -2.53. The molecule has 0 bridgehead atoms. The fourth-order valence-corrected chi connectivity index (χ4v) is 4.77. The zero-order valence-corrected chi connectivity index (χ0v) is 22.0. The first kappa shape index (κ1) is 27.7. The average molecular weight is 508 g/mol. The molecule has 0 aliphatic carbocycles. The van der Waals surface area contributed by atoms with Crippen LogP contribution in [0.1, 0.15) is 44.7 Å². The predicted molar refractivity (Wildman–Crippen MR) is 137 cm³/mol. The SMILES string of the molecule is CC[C@H](C)NC(=O)[C@H](CC)N(Cc1cccc(C)c1)C(=O)CN(c1ccccc1Cl)S(C)(=O)=O. The number of hydrogen-bond acceptors (Lipinski definition) is 4. The second-order valence-electron chi connectivity index (χ2n) is 8.47. The average Bonchev–Trinajstić information content (AvgIpc) is 2.77. The van der Waals surface area contributed by atoms with E-state index in [9.17, 15) is 18.0 Å². The third kappa shape index (κ3) is 7.46. The van der Waals surface area contributed by atoms with Gasteiger partial charge in [0.15, 0.2) is 0 Å². The Labute approximate surface area is 208 Å². The van der Waals surface area contributed by atoms with E-state index >= 15 is 0 Å². The van der Waals surface area contributed by atoms with Gasteiger partial charge in [0.25, 0.3) is 0 Å². The number of nitrogens with one attached hydrogen (secondary N) is 1. The standard InChI is InChI=1S/C25H34ClN3O4S/c1-6-19(4)27-25(31)22(7-2)28(16-20-12-10-11-18(3)15-20)24(30)17-29(34(5,32)33)23-14-9-8-13-21(23)26/h8-15,19,22H,6-7,16-17H2,1-5H3,(H,27,31)/t19-,22-/m0/s1. The number of anilines is 1. The smallest absolute Gasteiger partial charge is 0.244 e. The first-order chi connectivity index (χ1) is 16.0. The summed E-state index contributed by atoms with van der Waals surface area (Å²) in [5.41, 5.74) is 2.09. The second-order valence-corrected chi connectivity index (χ2v) is 10.8. The molecule has 0 heterocycles. The van der Waals surface area contributed by atoms with Crippen molar-refractivity contribution in [2.75, 3.05) is 17.1 Å². The summed E-state index contributed by atoms with van der Waals surface area (Å²) < 4.78 is 26.2. The molecule has 2 aromatic rings. The molecule has 0 saturated heterocycles.